The number of nitrogens with zero attached hydrogens (tertiary/aromatic N) is 1. The second-order valence-corrected chi connectivity index (χ2v) is 10.5. The molecule has 0 radical (unpaired) electrons. The number of benzene rings is 1. The SMILES string of the molecule is COc1ccc(N[P+]23OC(C(C)(C)C)=CN2C=C(C(C)(C)C)O3)cc1. The van der Waals surface area contributed by atoms with E-state index in [2.05, 4.69) is 63.7 Å². The standard InChI is InChI=1S/C19H28N2O3P/c1-18(2,3)16-12-21-13-17(19(4,5)6)24-25(21,23-16)20-14-8-10-15(22-7)11-9-14/h8-13,20H,1-7H3/q+1. The summed E-state index contributed by atoms with van der Waals surface area (Å²) >= 11 is 0. The number of hydrogen-bond acceptors (Lipinski definition) is 5. The average Bonchev–Trinajstić information content (AvgIpc) is 3.01. The summed E-state index contributed by atoms with van der Waals surface area (Å²) in [5, 5.41) is 3.50. The molecule has 0 aromatic heterocycles. The van der Waals surface area contributed by atoms with Crippen LogP contribution in [-0.2, 0) is 9.05 Å². The summed E-state index contributed by atoms with van der Waals surface area (Å²) in [7, 11) is -0.839. The fourth-order valence-corrected chi connectivity index (χ4v) is 5.05. The summed E-state index contributed by atoms with van der Waals surface area (Å²) in [6.45, 7) is 12.8. The Balaban J connectivity index is 1.91. The molecular formula is C19H28N2O3P+. The molecule has 3 rings (SSSR count). The third-order valence-electron chi connectivity index (χ3n) is 4.09. The quantitative estimate of drug-likeness (QED) is 0.675. The molecule has 2 heterocycles. The number of nitrogens with one attached hydrogen (secondary N) is 1. The summed E-state index contributed by atoms with van der Waals surface area (Å²) < 4.78 is 20.1. The van der Waals surface area contributed by atoms with Gasteiger partial charge in [0.2, 0.25) is 0 Å². The van der Waals surface area contributed by atoms with Crippen molar-refractivity contribution < 1.29 is 13.8 Å². The number of hydrogen-bond donors (Lipinski definition) is 1. The van der Waals surface area contributed by atoms with Gasteiger partial charge in [0.05, 0.1) is 25.2 Å². The minimum atomic E-state index is -2.50. The third-order valence-corrected chi connectivity index (χ3v) is 6.35. The van der Waals surface area contributed by atoms with Crippen LogP contribution in [0.15, 0.2) is 48.2 Å². The van der Waals surface area contributed by atoms with Crippen LogP contribution in [0.4, 0.5) is 5.69 Å². The van der Waals surface area contributed by atoms with Gasteiger partial charge >= 0.3 is 8.02 Å². The van der Waals surface area contributed by atoms with Crippen LogP contribution in [0.25, 0.3) is 0 Å². The zero-order valence-electron chi connectivity index (χ0n) is 16.1. The van der Waals surface area contributed by atoms with Crippen LogP contribution in [0.3, 0.4) is 0 Å². The zero-order chi connectivity index (χ0) is 18.5. The predicted molar refractivity (Wildman–Crippen MR) is 103 cm³/mol. The maximum atomic E-state index is 6.40. The van der Waals surface area contributed by atoms with Crippen molar-refractivity contribution in [3.05, 3.63) is 48.2 Å². The third kappa shape index (κ3) is 3.43. The molecule has 1 N–H and O–H groups in total. The van der Waals surface area contributed by atoms with E-state index in [1.54, 1.807) is 7.11 Å². The molecule has 0 aliphatic carbocycles. The van der Waals surface area contributed by atoms with E-state index >= 15 is 0 Å². The minimum absolute atomic E-state index is 0.0853. The zero-order valence-corrected chi connectivity index (χ0v) is 17.0. The fourth-order valence-electron chi connectivity index (χ4n) is 2.45. The van der Waals surface area contributed by atoms with E-state index in [9.17, 15) is 0 Å². The predicted octanol–water partition coefficient (Wildman–Crippen LogP) is 5.92. The van der Waals surface area contributed by atoms with Crippen molar-refractivity contribution in [3.8, 4) is 5.75 Å². The lowest BCUT2D eigenvalue weighted by Gasteiger charge is -2.24. The Labute approximate surface area is 151 Å². The first-order valence-corrected chi connectivity index (χ1v) is 10.1. The highest BCUT2D eigenvalue weighted by Gasteiger charge is 2.64. The highest BCUT2D eigenvalue weighted by molar-refractivity contribution is 7.66. The molecule has 0 saturated carbocycles. The van der Waals surface area contributed by atoms with E-state index < -0.39 is 8.02 Å². The van der Waals surface area contributed by atoms with Crippen molar-refractivity contribution in [1.82, 2.24) is 4.67 Å². The average molecular weight is 363 g/mol. The lowest BCUT2D eigenvalue weighted by molar-refractivity contribution is 0.247. The Bertz CT molecular complexity index is 678. The Morgan fingerprint density at radius 1 is 0.880 bits per heavy atom. The van der Waals surface area contributed by atoms with E-state index in [0.717, 1.165) is 23.0 Å². The van der Waals surface area contributed by atoms with Gasteiger partial charge in [0.15, 0.2) is 11.5 Å². The van der Waals surface area contributed by atoms with E-state index in [-0.39, 0.29) is 10.8 Å². The molecule has 0 spiro atoms. The van der Waals surface area contributed by atoms with Crippen molar-refractivity contribution in [2.45, 2.75) is 41.5 Å². The highest BCUT2D eigenvalue weighted by Crippen LogP contribution is 2.74. The maximum absolute atomic E-state index is 6.40. The van der Waals surface area contributed by atoms with Gasteiger partial charge in [-0.05, 0) is 24.3 Å². The summed E-state index contributed by atoms with van der Waals surface area (Å²) in [5.74, 6) is 2.66. The molecule has 1 aromatic rings. The second-order valence-electron chi connectivity index (χ2n) is 8.41. The topological polar surface area (TPSA) is 43.0 Å². The molecule has 0 saturated heterocycles. The number of ether oxygens (including phenoxy) is 1. The van der Waals surface area contributed by atoms with E-state index in [4.69, 9.17) is 13.8 Å². The molecule has 0 unspecified atom stereocenters. The van der Waals surface area contributed by atoms with Crippen molar-refractivity contribution in [3.63, 3.8) is 0 Å². The summed E-state index contributed by atoms with van der Waals surface area (Å²) in [5.41, 5.74) is 0.766. The van der Waals surface area contributed by atoms with E-state index in [1.807, 2.05) is 24.3 Å². The summed E-state index contributed by atoms with van der Waals surface area (Å²) in [6.07, 6.45) is 4.12. The van der Waals surface area contributed by atoms with Crippen LogP contribution in [0, 0.1) is 10.8 Å². The van der Waals surface area contributed by atoms with Crippen LogP contribution < -0.4 is 9.82 Å². The normalized spacial score (nSPS) is 18.8. The Hall–Kier alpha value is -1.87. The van der Waals surface area contributed by atoms with Crippen molar-refractivity contribution in [1.29, 1.82) is 0 Å². The first kappa shape index (κ1) is 17.9. The lowest BCUT2D eigenvalue weighted by atomic mass is 9.94. The molecule has 2 aliphatic rings. The molecular weight excluding hydrogens is 335 g/mol. The van der Waals surface area contributed by atoms with Crippen LogP contribution in [-0.4, -0.2) is 11.8 Å². The molecule has 5 nitrogen and oxygen atoms in total. The summed E-state index contributed by atoms with van der Waals surface area (Å²) in [6, 6.07) is 7.80. The molecule has 0 bridgehead atoms. The van der Waals surface area contributed by atoms with Crippen LogP contribution in [0.5, 0.6) is 5.75 Å². The van der Waals surface area contributed by atoms with Gasteiger partial charge in [0, 0.05) is 10.8 Å². The summed E-state index contributed by atoms with van der Waals surface area (Å²) in [4.78, 5) is 0. The van der Waals surface area contributed by atoms with Crippen LogP contribution in [0.1, 0.15) is 41.5 Å². The monoisotopic (exact) mass is 363 g/mol. The molecule has 1 aromatic carbocycles. The van der Waals surface area contributed by atoms with Gasteiger partial charge in [-0.25, -0.2) is 0 Å². The van der Waals surface area contributed by atoms with Crippen LogP contribution in [0.2, 0.25) is 0 Å². The van der Waals surface area contributed by atoms with Gasteiger partial charge in [-0.1, -0.05) is 41.5 Å². The number of anilines is 1. The molecule has 2 aliphatic heterocycles. The lowest BCUT2D eigenvalue weighted by Crippen LogP contribution is -2.17. The van der Waals surface area contributed by atoms with E-state index in [0.29, 0.717) is 0 Å². The highest BCUT2D eigenvalue weighted by atomic mass is 31.2. The van der Waals surface area contributed by atoms with Crippen molar-refractivity contribution in [2.24, 2.45) is 10.8 Å². The van der Waals surface area contributed by atoms with Crippen LogP contribution >= 0.6 is 8.02 Å². The number of fused-ring (bicyclic) bond motifs is 1. The fraction of sp³-hybridized carbons (Fsp3) is 0.474. The van der Waals surface area contributed by atoms with Gasteiger partial charge in [-0.15, -0.1) is 4.67 Å². The second kappa shape index (κ2) is 5.84. The van der Waals surface area contributed by atoms with Gasteiger partial charge in [0.1, 0.15) is 5.75 Å². The van der Waals surface area contributed by atoms with Crippen molar-refractivity contribution >= 4 is 13.7 Å². The smallest absolute Gasteiger partial charge is 0.497 e. The molecule has 0 amide bonds. The molecule has 0 atom stereocenters. The van der Waals surface area contributed by atoms with Gasteiger partial charge in [-0.2, -0.15) is 5.09 Å². The maximum Gasteiger partial charge on any atom is 0.577 e. The Kier molecular flexibility index (Phi) is 4.19. The molecule has 0 fully saturated rings. The first-order valence-electron chi connectivity index (χ1n) is 8.47. The Morgan fingerprint density at radius 2 is 1.36 bits per heavy atom. The largest absolute Gasteiger partial charge is 0.577 e. The van der Waals surface area contributed by atoms with Gasteiger partial charge in [0.25, 0.3) is 0 Å². The van der Waals surface area contributed by atoms with Gasteiger partial charge in [-0.3, -0.25) is 9.05 Å². The number of methoxy groups -OCH3 is 1. The first-order chi connectivity index (χ1) is 11.5. The van der Waals surface area contributed by atoms with Gasteiger partial charge < -0.3 is 4.74 Å². The molecule has 136 valence electrons. The minimum Gasteiger partial charge on any atom is -0.497 e. The number of allylic oxidation sites excluding steroid dienone is 2. The molecule has 6 heteroatoms. The van der Waals surface area contributed by atoms with E-state index in [1.165, 1.54) is 0 Å². The number of rotatable bonds is 3. The molecule has 25 heavy (non-hydrogen) atoms. The van der Waals surface area contributed by atoms with Crippen molar-refractivity contribution in [2.75, 3.05) is 12.2 Å². The Morgan fingerprint density at radius 3 is 1.76 bits per heavy atom.